The third kappa shape index (κ3) is 17.4. The van der Waals surface area contributed by atoms with E-state index in [0.717, 1.165) is 0 Å². The van der Waals surface area contributed by atoms with Gasteiger partial charge in [-0.2, -0.15) is 0 Å². The second-order valence-corrected chi connectivity index (χ2v) is 3.10. The summed E-state index contributed by atoms with van der Waals surface area (Å²) in [5.41, 5.74) is 5.98. The topological polar surface area (TPSA) is 61.6 Å². The minimum absolute atomic E-state index is 0.0648. The smallest absolute Gasteiger partial charge is 0.154 e. The van der Waals surface area contributed by atoms with Gasteiger partial charge in [0.25, 0.3) is 0 Å². The molecule has 0 unspecified atom stereocenters. The van der Waals surface area contributed by atoms with Gasteiger partial charge in [-0.3, -0.25) is 0 Å². The van der Waals surface area contributed by atoms with Crippen LogP contribution in [0.1, 0.15) is 12.5 Å². The Morgan fingerprint density at radius 2 is 1.65 bits per heavy atom. The summed E-state index contributed by atoms with van der Waals surface area (Å²) in [6, 6.07) is 10.3. The van der Waals surface area contributed by atoms with Crippen molar-refractivity contribution < 1.29 is 14.3 Å². The van der Waals surface area contributed by atoms with Gasteiger partial charge in [-0.05, 0) is 13.8 Å². The lowest BCUT2D eigenvalue weighted by molar-refractivity contribution is -0.106. The molecule has 0 radical (unpaired) electrons. The molecular weight excluding hydrogens is 218 g/mol. The Balaban J connectivity index is 0. The lowest BCUT2D eigenvalue weighted by Gasteiger charge is -2.03. The lowest BCUT2D eigenvalue weighted by atomic mass is 10.2. The van der Waals surface area contributed by atoms with E-state index in [1.165, 1.54) is 5.56 Å². The molecule has 2 N–H and O–H groups in total. The number of carbonyl (C=O) groups is 1. The predicted molar refractivity (Wildman–Crippen MR) is 69.8 cm³/mol. The minimum Gasteiger partial charge on any atom is -0.356 e. The first-order chi connectivity index (χ1) is 8.12. The normalized spacial score (nSPS) is 8.59. The van der Waals surface area contributed by atoms with Crippen molar-refractivity contribution in [3.05, 3.63) is 35.9 Å². The van der Waals surface area contributed by atoms with E-state index in [-0.39, 0.29) is 12.8 Å². The van der Waals surface area contributed by atoms with Crippen LogP contribution in [0.2, 0.25) is 0 Å². The maximum absolute atomic E-state index is 9.05. The van der Waals surface area contributed by atoms with Crippen LogP contribution in [-0.4, -0.2) is 33.3 Å². The number of hydrogen-bond acceptors (Lipinski definition) is 4. The molecule has 0 saturated carbocycles. The molecule has 98 valence electrons. The molecule has 0 saturated heterocycles. The van der Waals surface area contributed by atoms with Crippen LogP contribution < -0.4 is 5.73 Å². The van der Waals surface area contributed by atoms with Gasteiger partial charge >= 0.3 is 0 Å². The van der Waals surface area contributed by atoms with Crippen molar-refractivity contribution in [1.29, 1.82) is 0 Å². The summed E-state index contributed by atoms with van der Waals surface area (Å²) >= 11 is 0. The molecule has 0 atom stereocenters. The van der Waals surface area contributed by atoms with Crippen LogP contribution in [-0.2, 0) is 14.3 Å². The van der Waals surface area contributed by atoms with Crippen molar-refractivity contribution in [2.75, 3.05) is 20.8 Å². The third-order valence-electron chi connectivity index (χ3n) is 1.70. The summed E-state index contributed by atoms with van der Waals surface area (Å²) in [5, 5.41) is 0. The number of carbonyl (C=O) groups excluding carboxylic acids is 1. The molecule has 0 aliphatic rings. The van der Waals surface area contributed by atoms with E-state index in [9.17, 15) is 0 Å². The molecule has 17 heavy (non-hydrogen) atoms. The van der Waals surface area contributed by atoms with E-state index in [1.54, 1.807) is 14.2 Å². The molecule has 4 heteroatoms. The zero-order valence-electron chi connectivity index (χ0n) is 11.1. The Labute approximate surface area is 104 Å². The van der Waals surface area contributed by atoms with Crippen LogP contribution in [0.15, 0.2) is 30.3 Å². The Morgan fingerprint density at radius 1 is 1.24 bits per heavy atom. The SMILES string of the molecule is COC(C)OC.Cc1ccccc1.NCC=O. The standard InChI is InChI=1S/C7H8.C4H10O2.C2H5NO/c1-7-5-3-2-4-6-7;1-4(5-2)6-3;3-1-2-4/h2-6H,1H3;4H,1-3H3;2H,1,3H2. The minimum atomic E-state index is -0.0648. The number of aldehydes is 1. The number of rotatable bonds is 3. The first-order valence-electron chi connectivity index (χ1n) is 5.33. The van der Waals surface area contributed by atoms with Crippen LogP contribution in [0, 0.1) is 6.92 Å². The van der Waals surface area contributed by atoms with E-state index in [4.69, 9.17) is 4.79 Å². The summed E-state index contributed by atoms with van der Waals surface area (Å²) < 4.78 is 9.35. The van der Waals surface area contributed by atoms with E-state index in [1.807, 2.05) is 25.1 Å². The highest BCUT2D eigenvalue weighted by Gasteiger charge is 1.87. The molecule has 0 heterocycles. The third-order valence-corrected chi connectivity index (χ3v) is 1.70. The quantitative estimate of drug-likeness (QED) is 0.647. The maximum atomic E-state index is 9.05. The Morgan fingerprint density at radius 3 is 1.76 bits per heavy atom. The van der Waals surface area contributed by atoms with Gasteiger partial charge in [-0.15, -0.1) is 0 Å². The number of nitrogens with two attached hydrogens (primary N) is 1. The molecule has 4 nitrogen and oxygen atoms in total. The molecule has 0 spiro atoms. The first kappa shape index (κ1) is 18.1. The van der Waals surface area contributed by atoms with Crippen LogP contribution in [0.3, 0.4) is 0 Å². The highest BCUT2D eigenvalue weighted by molar-refractivity contribution is 5.51. The highest BCUT2D eigenvalue weighted by atomic mass is 16.7. The zero-order chi connectivity index (χ0) is 13.5. The summed E-state index contributed by atoms with van der Waals surface area (Å²) in [4.78, 5) is 9.05. The molecule has 0 aliphatic carbocycles. The molecule has 0 fully saturated rings. The monoisotopic (exact) mass is 241 g/mol. The number of benzene rings is 1. The molecular formula is C13H23NO3. The van der Waals surface area contributed by atoms with E-state index in [2.05, 4.69) is 34.3 Å². The fourth-order valence-electron chi connectivity index (χ4n) is 0.631. The molecule has 1 aromatic carbocycles. The van der Waals surface area contributed by atoms with Gasteiger partial charge in [0.15, 0.2) is 6.29 Å². The number of ether oxygens (including phenoxy) is 2. The fourth-order valence-corrected chi connectivity index (χ4v) is 0.631. The molecule has 1 aromatic rings. The number of methoxy groups -OCH3 is 2. The van der Waals surface area contributed by atoms with Gasteiger partial charge in [-0.25, -0.2) is 0 Å². The van der Waals surface area contributed by atoms with Crippen molar-refractivity contribution in [2.24, 2.45) is 5.73 Å². The molecule has 0 aliphatic heterocycles. The van der Waals surface area contributed by atoms with E-state index in [0.29, 0.717) is 6.29 Å². The van der Waals surface area contributed by atoms with Gasteiger partial charge in [0.05, 0.1) is 0 Å². The van der Waals surface area contributed by atoms with Crippen molar-refractivity contribution in [3.63, 3.8) is 0 Å². The average Bonchev–Trinajstić information content (AvgIpc) is 2.39. The highest BCUT2D eigenvalue weighted by Crippen LogP contribution is 1.92. The first-order valence-corrected chi connectivity index (χ1v) is 5.33. The molecule has 0 aromatic heterocycles. The average molecular weight is 241 g/mol. The lowest BCUT2D eigenvalue weighted by Crippen LogP contribution is -2.05. The predicted octanol–water partition coefficient (Wildman–Crippen LogP) is 1.76. The maximum Gasteiger partial charge on any atom is 0.154 e. The fraction of sp³-hybridized carbons (Fsp3) is 0.462. The van der Waals surface area contributed by atoms with Crippen molar-refractivity contribution in [1.82, 2.24) is 0 Å². The second-order valence-electron chi connectivity index (χ2n) is 3.10. The zero-order valence-corrected chi connectivity index (χ0v) is 11.1. The van der Waals surface area contributed by atoms with Gasteiger partial charge in [0, 0.05) is 20.8 Å². The molecule has 1 rings (SSSR count). The van der Waals surface area contributed by atoms with Crippen molar-refractivity contribution >= 4 is 6.29 Å². The van der Waals surface area contributed by atoms with E-state index >= 15 is 0 Å². The van der Waals surface area contributed by atoms with E-state index < -0.39 is 0 Å². The Kier molecular flexibility index (Phi) is 15.8. The van der Waals surface area contributed by atoms with Gasteiger partial charge in [0.1, 0.15) is 6.29 Å². The van der Waals surface area contributed by atoms with Gasteiger partial charge < -0.3 is 20.0 Å². The summed E-state index contributed by atoms with van der Waals surface area (Å²) in [7, 11) is 3.21. The van der Waals surface area contributed by atoms with Crippen LogP contribution >= 0.6 is 0 Å². The summed E-state index contributed by atoms with van der Waals surface area (Å²) in [6.07, 6.45) is 0.588. The van der Waals surface area contributed by atoms with Crippen LogP contribution in [0.25, 0.3) is 0 Å². The van der Waals surface area contributed by atoms with Crippen molar-refractivity contribution in [3.8, 4) is 0 Å². The summed E-state index contributed by atoms with van der Waals surface area (Å²) in [5.74, 6) is 0. The molecule has 0 amide bonds. The number of aryl methyl sites for hydroxylation is 1. The van der Waals surface area contributed by atoms with Gasteiger partial charge in [-0.1, -0.05) is 35.9 Å². The second kappa shape index (κ2) is 14.8. The Hall–Kier alpha value is -1.23. The number of hydrogen-bond donors (Lipinski definition) is 1. The van der Waals surface area contributed by atoms with Gasteiger partial charge in [0.2, 0.25) is 0 Å². The summed E-state index contributed by atoms with van der Waals surface area (Å²) in [6.45, 7) is 4.06. The van der Waals surface area contributed by atoms with Crippen LogP contribution in [0.4, 0.5) is 0 Å². The van der Waals surface area contributed by atoms with Crippen molar-refractivity contribution in [2.45, 2.75) is 20.1 Å². The molecule has 0 bridgehead atoms. The largest absolute Gasteiger partial charge is 0.356 e. The van der Waals surface area contributed by atoms with Crippen LogP contribution in [0.5, 0.6) is 0 Å². The Bertz CT molecular complexity index is 248.